The first kappa shape index (κ1) is 17.8. The van der Waals surface area contributed by atoms with Crippen molar-refractivity contribution in [3.8, 4) is 0 Å². The Kier molecular flexibility index (Phi) is 8.26. The highest BCUT2D eigenvalue weighted by molar-refractivity contribution is 5.79. The lowest BCUT2D eigenvalue weighted by molar-refractivity contribution is -0.135. The largest absolute Gasteiger partial charge is 0.393 e. The second kappa shape index (κ2) is 8.82. The number of aliphatic hydroxyl groups is 1. The maximum Gasteiger partial charge on any atom is 0.227 e. The molecule has 0 spiro atoms. The smallest absolute Gasteiger partial charge is 0.227 e. The van der Waals surface area contributed by atoms with Crippen molar-refractivity contribution in [3.05, 3.63) is 4.91 Å². The number of carbonyl (C=O) groups excluding carboxylic acids is 1. The van der Waals surface area contributed by atoms with Gasteiger partial charge in [0.25, 0.3) is 0 Å². The van der Waals surface area contributed by atoms with Gasteiger partial charge >= 0.3 is 0 Å². The normalized spacial score (nSPS) is 15.7. The van der Waals surface area contributed by atoms with Crippen molar-refractivity contribution in [1.82, 2.24) is 15.2 Å². The topological polar surface area (TPSA) is 85.2 Å². The fourth-order valence-electron chi connectivity index (χ4n) is 1.78. The second-order valence-electron chi connectivity index (χ2n) is 5.26. The third kappa shape index (κ3) is 7.07. The number of carbonyl (C=O) groups is 1. The molecule has 0 heterocycles. The Morgan fingerprint density at radius 2 is 1.84 bits per heavy atom. The summed E-state index contributed by atoms with van der Waals surface area (Å²) in [4.78, 5) is 26.2. The van der Waals surface area contributed by atoms with E-state index in [4.69, 9.17) is 0 Å². The van der Waals surface area contributed by atoms with Crippen molar-refractivity contribution in [3.63, 3.8) is 0 Å². The van der Waals surface area contributed by atoms with Crippen LogP contribution in [0.25, 0.3) is 0 Å². The molecule has 0 fully saturated rings. The van der Waals surface area contributed by atoms with Gasteiger partial charge in [-0.25, -0.2) is 0 Å². The van der Waals surface area contributed by atoms with E-state index in [-0.39, 0.29) is 5.91 Å². The molecule has 0 bridgehead atoms. The average molecular weight is 274 g/mol. The molecule has 0 aliphatic heterocycles. The van der Waals surface area contributed by atoms with Crippen molar-refractivity contribution < 1.29 is 9.90 Å². The Bertz CT molecular complexity index is 284. The Morgan fingerprint density at radius 3 is 2.26 bits per heavy atom. The van der Waals surface area contributed by atoms with Gasteiger partial charge in [0.1, 0.15) is 0 Å². The molecule has 0 rings (SSSR count). The van der Waals surface area contributed by atoms with Crippen molar-refractivity contribution >= 4 is 5.91 Å². The number of hydrogen-bond donors (Lipinski definition) is 2. The van der Waals surface area contributed by atoms with Gasteiger partial charge in [-0.2, -0.15) is 0 Å². The van der Waals surface area contributed by atoms with E-state index in [0.717, 1.165) is 6.54 Å². The van der Waals surface area contributed by atoms with Crippen molar-refractivity contribution in [2.45, 2.75) is 32.4 Å². The number of aliphatic hydroxyl groups excluding tert-OH is 1. The predicted octanol–water partition coefficient (Wildman–Crippen LogP) is 0.0530. The lowest BCUT2D eigenvalue weighted by Gasteiger charge is -2.28. The van der Waals surface area contributed by atoms with Gasteiger partial charge in [-0.3, -0.25) is 10.2 Å². The molecule has 2 unspecified atom stereocenters. The zero-order valence-corrected chi connectivity index (χ0v) is 12.5. The number of amides is 1. The van der Waals surface area contributed by atoms with Crippen LogP contribution in [0.4, 0.5) is 0 Å². The molecule has 1 amide bonds. The summed E-state index contributed by atoms with van der Waals surface area (Å²) in [5, 5.41) is 12.0. The van der Waals surface area contributed by atoms with E-state index in [1.807, 2.05) is 19.0 Å². The SMILES string of the molecule is CC(C(=O)N(C)CCN(C)C)C(C[C@@H](C)O)NN=O. The minimum Gasteiger partial charge on any atom is -0.393 e. The molecule has 19 heavy (non-hydrogen) atoms. The molecular formula is C12H26N4O3. The fourth-order valence-corrected chi connectivity index (χ4v) is 1.78. The van der Waals surface area contributed by atoms with Gasteiger partial charge in [-0.05, 0) is 27.4 Å². The molecule has 112 valence electrons. The molecule has 0 saturated carbocycles. The predicted molar refractivity (Wildman–Crippen MR) is 74.4 cm³/mol. The molecule has 7 heteroatoms. The number of likely N-dealkylation sites (N-methyl/N-ethyl adjacent to an activating group) is 2. The van der Waals surface area contributed by atoms with E-state index in [9.17, 15) is 14.8 Å². The summed E-state index contributed by atoms with van der Waals surface area (Å²) in [6.07, 6.45) is -0.290. The molecule has 0 aliphatic carbocycles. The fraction of sp³-hybridized carbons (Fsp3) is 0.917. The Hall–Kier alpha value is -1.21. The summed E-state index contributed by atoms with van der Waals surface area (Å²) in [7, 11) is 5.61. The van der Waals surface area contributed by atoms with Gasteiger partial charge in [-0.1, -0.05) is 6.92 Å². The summed E-state index contributed by atoms with van der Waals surface area (Å²) >= 11 is 0. The molecule has 0 aromatic rings. The van der Waals surface area contributed by atoms with Crippen LogP contribution < -0.4 is 5.43 Å². The molecule has 3 atom stereocenters. The van der Waals surface area contributed by atoms with Crippen LogP contribution in [0.1, 0.15) is 20.3 Å². The lowest BCUT2D eigenvalue weighted by Crippen LogP contribution is -2.45. The van der Waals surface area contributed by atoms with Gasteiger partial charge in [0.15, 0.2) is 0 Å². The van der Waals surface area contributed by atoms with E-state index >= 15 is 0 Å². The molecular weight excluding hydrogens is 248 g/mol. The maximum atomic E-state index is 12.2. The van der Waals surface area contributed by atoms with Crippen molar-refractivity contribution in [2.75, 3.05) is 34.2 Å². The minimum absolute atomic E-state index is 0.0661. The highest BCUT2D eigenvalue weighted by Gasteiger charge is 2.27. The van der Waals surface area contributed by atoms with Crippen LogP contribution in [-0.2, 0) is 4.79 Å². The third-order valence-electron chi connectivity index (χ3n) is 3.07. The van der Waals surface area contributed by atoms with Gasteiger partial charge in [0.2, 0.25) is 5.91 Å². The molecule has 0 radical (unpaired) electrons. The van der Waals surface area contributed by atoms with E-state index < -0.39 is 18.1 Å². The summed E-state index contributed by atoms with van der Waals surface area (Å²) in [6, 6.07) is -0.452. The van der Waals surface area contributed by atoms with Gasteiger partial charge in [0.05, 0.1) is 18.1 Å². The van der Waals surface area contributed by atoms with Crippen LogP contribution in [0.2, 0.25) is 0 Å². The molecule has 2 N–H and O–H groups in total. The third-order valence-corrected chi connectivity index (χ3v) is 3.07. The van der Waals surface area contributed by atoms with Crippen LogP contribution in [-0.4, -0.2) is 67.2 Å². The summed E-state index contributed by atoms with van der Waals surface area (Å²) < 4.78 is 0. The zero-order chi connectivity index (χ0) is 15.0. The van der Waals surface area contributed by atoms with Crippen molar-refractivity contribution in [1.29, 1.82) is 0 Å². The number of rotatable bonds is 9. The number of nitroso groups, excluding NO2 is 1. The first-order chi connectivity index (χ1) is 8.79. The maximum absolute atomic E-state index is 12.2. The highest BCUT2D eigenvalue weighted by Crippen LogP contribution is 2.12. The summed E-state index contributed by atoms with van der Waals surface area (Å²) in [5.41, 5.74) is 2.37. The van der Waals surface area contributed by atoms with Crippen LogP contribution in [0.3, 0.4) is 0 Å². The second-order valence-corrected chi connectivity index (χ2v) is 5.26. The number of nitrogens with one attached hydrogen (secondary N) is 1. The van der Waals surface area contributed by atoms with E-state index in [0.29, 0.717) is 13.0 Å². The summed E-state index contributed by atoms with van der Waals surface area (Å²) in [5.74, 6) is -0.483. The lowest BCUT2D eigenvalue weighted by atomic mass is 9.96. The first-order valence-corrected chi connectivity index (χ1v) is 6.45. The Morgan fingerprint density at radius 1 is 1.26 bits per heavy atom. The van der Waals surface area contributed by atoms with E-state index in [1.54, 1.807) is 25.8 Å². The number of hydrogen-bond acceptors (Lipinski definition) is 5. The monoisotopic (exact) mass is 274 g/mol. The Balaban J connectivity index is 4.50. The standard InChI is InChI=1S/C12H26N4O3/c1-9(17)8-11(13-14-19)10(2)12(18)16(5)7-6-15(3)4/h9-11,17H,6-8H2,1-5H3,(H,13,19)/t9-,10?,11?/m1/s1. The number of nitrogens with zero attached hydrogens (tertiary/aromatic N) is 3. The summed E-state index contributed by atoms with van der Waals surface area (Å²) in [6.45, 7) is 4.74. The molecule has 0 aromatic heterocycles. The highest BCUT2D eigenvalue weighted by atomic mass is 16.3. The average Bonchev–Trinajstić information content (AvgIpc) is 2.33. The molecule has 0 saturated heterocycles. The first-order valence-electron chi connectivity index (χ1n) is 6.45. The van der Waals surface area contributed by atoms with Gasteiger partial charge in [0, 0.05) is 25.4 Å². The molecule has 7 nitrogen and oxygen atoms in total. The van der Waals surface area contributed by atoms with Crippen LogP contribution >= 0.6 is 0 Å². The van der Waals surface area contributed by atoms with Gasteiger partial charge in [-0.15, -0.1) is 4.91 Å². The molecule has 0 aromatic carbocycles. The van der Waals surface area contributed by atoms with E-state index in [1.165, 1.54) is 0 Å². The van der Waals surface area contributed by atoms with Crippen molar-refractivity contribution in [2.24, 2.45) is 11.2 Å². The Labute approximate surface area is 114 Å². The van der Waals surface area contributed by atoms with Gasteiger partial charge < -0.3 is 14.9 Å². The van der Waals surface area contributed by atoms with Crippen LogP contribution in [0.5, 0.6) is 0 Å². The minimum atomic E-state index is -0.596. The quantitative estimate of drug-likeness (QED) is 0.458. The molecule has 0 aliphatic rings. The van der Waals surface area contributed by atoms with Crippen LogP contribution in [0.15, 0.2) is 5.29 Å². The zero-order valence-electron chi connectivity index (χ0n) is 12.5. The van der Waals surface area contributed by atoms with E-state index in [2.05, 4.69) is 10.7 Å². The van der Waals surface area contributed by atoms with Crippen LogP contribution in [0, 0.1) is 10.8 Å².